The van der Waals surface area contributed by atoms with Crippen LogP contribution in [0, 0.1) is 0 Å². The average molecular weight is 409 g/mol. The lowest BCUT2D eigenvalue weighted by Crippen LogP contribution is -2.39. The van der Waals surface area contributed by atoms with Gasteiger partial charge in [0.1, 0.15) is 5.15 Å². The number of hydrogen-bond acceptors (Lipinski definition) is 5. The van der Waals surface area contributed by atoms with Gasteiger partial charge in [0.2, 0.25) is 10.0 Å². The number of hydrogen-bond donors (Lipinski definition) is 0. The van der Waals surface area contributed by atoms with Crippen LogP contribution in [0.3, 0.4) is 0 Å². The Hall–Kier alpha value is -2.03. The van der Waals surface area contributed by atoms with Gasteiger partial charge in [0.05, 0.1) is 23.6 Å². The van der Waals surface area contributed by atoms with Gasteiger partial charge in [-0.3, -0.25) is 9.78 Å². The third-order valence-electron chi connectivity index (χ3n) is 4.43. The molecule has 0 bridgehead atoms. The van der Waals surface area contributed by atoms with Crippen LogP contribution in [-0.2, 0) is 16.6 Å². The van der Waals surface area contributed by atoms with Crippen LogP contribution >= 0.6 is 11.6 Å². The number of nitrogens with zero attached hydrogens (tertiary/aromatic N) is 4. The van der Waals surface area contributed by atoms with Crippen molar-refractivity contribution in [3.8, 4) is 0 Å². The maximum absolute atomic E-state index is 13.0. The smallest absolute Gasteiger partial charge is 0.257 e. The van der Waals surface area contributed by atoms with Crippen LogP contribution in [0.4, 0.5) is 0 Å². The maximum Gasteiger partial charge on any atom is 0.257 e. The van der Waals surface area contributed by atoms with Crippen LogP contribution in [0.25, 0.3) is 0 Å². The van der Waals surface area contributed by atoms with Crippen LogP contribution in [-0.4, -0.2) is 58.9 Å². The highest BCUT2D eigenvalue weighted by Crippen LogP contribution is 2.17. The molecule has 27 heavy (non-hydrogen) atoms. The second-order valence-electron chi connectivity index (χ2n) is 6.31. The van der Waals surface area contributed by atoms with Crippen molar-refractivity contribution in [1.29, 1.82) is 0 Å². The quantitative estimate of drug-likeness (QED) is 0.656. The van der Waals surface area contributed by atoms with E-state index >= 15 is 0 Å². The monoisotopic (exact) mass is 408 g/mol. The van der Waals surface area contributed by atoms with Crippen LogP contribution < -0.4 is 0 Å². The van der Waals surface area contributed by atoms with Gasteiger partial charge in [0.25, 0.3) is 5.91 Å². The molecule has 1 saturated heterocycles. The highest BCUT2D eigenvalue weighted by molar-refractivity contribution is 7.89. The molecule has 1 aliphatic rings. The minimum absolute atomic E-state index is 0.0550. The molecular formula is C18H21ClN4O3S. The van der Waals surface area contributed by atoms with E-state index in [-0.39, 0.29) is 35.5 Å². The zero-order valence-electron chi connectivity index (χ0n) is 14.8. The minimum atomic E-state index is -3.40. The van der Waals surface area contributed by atoms with Crippen molar-refractivity contribution in [3.63, 3.8) is 0 Å². The molecule has 0 atom stereocenters. The lowest BCUT2D eigenvalue weighted by molar-refractivity contribution is 0.0751. The molecule has 1 aliphatic heterocycles. The molecule has 9 heteroatoms. The van der Waals surface area contributed by atoms with Crippen molar-refractivity contribution in [2.45, 2.75) is 19.4 Å². The summed E-state index contributed by atoms with van der Waals surface area (Å²) < 4.78 is 26.6. The van der Waals surface area contributed by atoms with Crippen LogP contribution in [0.1, 0.15) is 28.9 Å². The van der Waals surface area contributed by atoms with E-state index in [0.717, 1.165) is 12.8 Å². The van der Waals surface area contributed by atoms with Gasteiger partial charge in [-0.2, -0.15) is 0 Å². The Morgan fingerprint density at radius 2 is 1.85 bits per heavy atom. The van der Waals surface area contributed by atoms with Crippen LogP contribution in [0.15, 0.2) is 42.7 Å². The fraction of sp³-hybridized carbons (Fsp3) is 0.389. The Balaban J connectivity index is 1.79. The van der Waals surface area contributed by atoms with Crippen LogP contribution in [0.2, 0.25) is 5.15 Å². The second kappa shape index (κ2) is 8.77. The molecule has 2 aromatic rings. The molecule has 7 nitrogen and oxygen atoms in total. The highest BCUT2D eigenvalue weighted by Gasteiger charge is 2.27. The SMILES string of the molecule is O=C(c1cccnc1Cl)N(CCS(=O)(=O)N1CCCC1)Cc1ccccn1. The van der Waals surface area contributed by atoms with Crippen molar-refractivity contribution < 1.29 is 13.2 Å². The minimum Gasteiger partial charge on any atom is -0.332 e. The van der Waals surface area contributed by atoms with Gasteiger partial charge >= 0.3 is 0 Å². The van der Waals surface area contributed by atoms with Gasteiger partial charge in [-0.25, -0.2) is 17.7 Å². The molecule has 3 heterocycles. The van der Waals surface area contributed by atoms with E-state index < -0.39 is 10.0 Å². The summed E-state index contributed by atoms with van der Waals surface area (Å²) >= 11 is 6.06. The lowest BCUT2D eigenvalue weighted by atomic mass is 10.2. The van der Waals surface area contributed by atoms with Crippen molar-refractivity contribution in [3.05, 3.63) is 59.1 Å². The summed E-state index contributed by atoms with van der Waals surface area (Å²) in [4.78, 5) is 22.6. The number of halogens is 1. The molecule has 0 aromatic carbocycles. The summed E-state index contributed by atoms with van der Waals surface area (Å²) in [5.41, 5.74) is 0.915. The Morgan fingerprint density at radius 3 is 2.52 bits per heavy atom. The molecule has 1 amide bonds. The van der Waals surface area contributed by atoms with Crippen molar-refractivity contribution >= 4 is 27.5 Å². The average Bonchev–Trinajstić information content (AvgIpc) is 3.22. The normalized spacial score (nSPS) is 15.0. The molecule has 0 spiro atoms. The number of rotatable bonds is 7. The van der Waals surface area contributed by atoms with Gasteiger partial charge in [0.15, 0.2) is 0 Å². The van der Waals surface area contributed by atoms with E-state index in [9.17, 15) is 13.2 Å². The standard InChI is InChI=1S/C18H21ClN4O3S/c19-17-16(7-5-9-21-17)18(24)22(14-15-6-1-2-8-20-15)12-13-27(25,26)23-10-3-4-11-23/h1-2,5-9H,3-4,10-14H2. The second-order valence-corrected chi connectivity index (χ2v) is 8.76. The molecule has 144 valence electrons. The summed E-state index contributed by atoms with van der Waals surface area (Å²) in [5.74, 6) is -0.501. The summed E-state index contributed by atoms with van der Waals surface area (Å²) in [6.07, 6.45) is 4.89. The zero-order chi connectivity index (χ0) is 19.3. The van der Waals surface area contributed by atoms with Gasteiger partial charge in [-0.15, -0.1) is 0 Å². The maximum atomic E-state index is 13.0. The highest BCUT2D eigenvalue weighted by atomic mass is 35.5. The Bertz CT molecular complexity index is 886. The van der Waals surface area contributed by atoms with E-state index in [1.165, 1.54) is 15.4 Å². The fourth-order valence-corrected chi connectivity index (χ4v) is 4.70. The van der Waals surface area contributed by atoms with E-state index in [1.807, 2.05) is 6.07 Å². The molecule has 3 rings (SSSR count). The lowest BCUT2D eigenvalue weighted by Gasteiger charge is -2.24. The number of carbonyl (C=O) groups excluding carboxylic acids is 1. The predicted octanol–water partition coefficient (Wildman–Crippen LogP) is 2.20. The van der Waals surface area contributed by atoms with Crippen LogP contribution in [0.5, 0.6) is 0 Å². The largest absolute Gasteiger partial charge is 0.332 e. The van der Waals surface area contributed by atoms with E-state index in [4.69, 9.17) is 11.6 Å². The van der Waals surface area contributed by atoms with Gasteiger partial charge in [-0.1, -0.05) is 17.7 Å². The molecule has 0 saturated carbocycles. The first kappa shape index (κ1) is 19.7. The van der Waals surface area contributed by atoms with E-state index in [2.05, 4.69) is 9.97 Å². The van der Waals surface area contributed by atoms with Gasteiger partial charge in [0, 0.05) is 32.0 Å². The van der Waals surface area contributed by atoms with Crippen molar-refractivity contribution in [2.75, 3.05) is 25.4 Å². The number of amides is 1. The molecular weight excluding hydrogens is 388 g/mol. The zero-order valence-corrected chi connectivity index (χ0v) is 16.4. The predicted molar refractivity (Wildman–Crippen MR) is 103 cm³/mol. The molecule has 0 unspecified atom stereocenters. The van der Waals surface area contributed by atoms with E-state index in [1.54, 1.807) is 30.5 Å². The Kier molecular flexibility index (Phi) is 6.41. The number of aromatic nitrogens is 2. The van der Waals surface area contributed by atoms with Crippen molar-refractivity contribution in [1.82, 2.24) is 19.2 Å². The Labute approximate surface area is 164 Å². The van der Waals surface area contributed by atoms with Gasteiger partial charge < -0.3 is 4.90 Å². The van der Waals surface area contributed by atoms with E-state index in [0.29, 0.717) is 18.8 Å². The first-order valence-corrected chi connectivity index (χ1v) is 10.7. The summed E-state index contributed by atoms with van der Waals surface area (Å²) in [6, 6.07) is 8.60. The molecule has 0 aliphatic carbocycles. The third kappa shape index (κ3) is 5.03. The third-order valence-corrected chi connectivity index (χ3v) is 6.58. The summed E-state index contributed by atoms with van der Waals surface area (Å²) in [6.45, 7) is 1.34. The van der Waals surface area contributed by atoms with Gasteiger partial charge in [-0.05, 0) is 37.1 Å². The van der Waals surface area contributed by atoms with Crippen molar-refractivity contribution in [2.24, 2.45) is 0 Å². The molecule has 2 aromatic heterocycles. The number of carbonyl (C=O) groups is 1. The molecule has 0 N–H and O–H groups in total. The first-order valence-electron chi connectivity index (χ1n) is 8.75. The topological polar surface area (TPSA) is 83.5 Å². The number of sulfonamides is 1. The summed E-state index contributed by atoms with van der Waals surface area (Å²) in [7, 11) is -3.40. The summed E-state index contributed by atoms with van der Waals surface area (Å²) in [5, 5.41) is 0.0934. The first-order chi connectivity index (χ1) is 13.0. The molecule has 1 fully saturated rings. The Morgan fingerprint density at radius 1 is 1.11 bits per heavy atom. The fourth-order valence-electron chi connectivity index (χ4n) is 2.98. The molecule has 0 radical (unpaired) electrons. The number of pyridine rings is 2.